The van der Waals surface area contributed by atoms with Crippen LogP contribution in [0.4, 0.5) is 11.4 Å². The topological polar surface area (TPSA) is 50.4 Å². The molecule has 0 bridgehead atoms. The van der Waals surface area contributed by atoms with Gasteiger partial charge in [-0.3, -0.25) is 4.79 Å². The lowest BCUT2D eigenvalue weighted by molar-refractivity contribution is -0.116. The lowest BCUT2D eigenvalue weighted by Crippen LogP contribution is -2.15. The van der Waals surface area contributed by atoms with Crippen molar-refractivity contribution < 1.29 is 9.53 Å². The number of hydrogen-bond acceptors (Lipinski definition) is 3. The molecule has 0 spiro atoms. The fourth-order valence-corrected chi connectivity index (χ4v) is 2.46. The van der Waals surface area contributed by atoms with Gasteiger partial charge in [0.15, 0.2) is 0 Å². The molecule has 2 aromatic carbocycles. The summed E-state index contributed by atoms with van der Waals surface area (Å²) in [5.41, 5.74) is 2.86. The molecule has 0 saturated heterocycles. The lowest BCUT2D eigenvalue weighted by atomic mass is 10.1. The van der Waals surface area contributed by atoms with E-state index in [2.05, 4.69) is 24.5 Å². The van der Waals surface area contributed by atoms with Crippen LogP contribution in [0.5, 0.6) is 5.75 Å². The Kier molecular flexibility index (Phi) is 7.33. The molecule has 0 aliphatic heterocycles. The van der Waals surface area contributed by atoms with E-state index in [0.29, 0.717) is 18.9 Å². The van der Waals surface area contributed by atoms with E-state index >= 15 is 0 Å². The minimum absolute atomic E-state index is 0.0145. The fourth-order valence-electron chi connectivity index (χ4n) is 2.46. The first-order valence-corrected chi connectivity index (χ1v) is 8.93. The first-order chi connectivity index (χ1) is 12.1. The molecule has 134 valence electrons. The minimum atomic E-state index is 0.0145. The second kappa shape index (κ2) is 9.72. The van der Waals surface area contributed by atoms with E-state index in [1.165, 1.54) is 5.56 Å². The van der Waals surface area contributed by atoms with E-state index in [1.54, 1.807) is 0 Å². The maximum atomic E-state index is 12.3. The summed E-state index contributed by atoms with van der Waals surface area (Å²) in [6, 6.07) is 15.8. The molecule has 0 aliphatic rings. The van der Waals surface area contributed by atoms with Gasteiger partial charge in [0, 0.05) is 19.0 Å². The third-order valence-electron chi connectivity index (χ3n) is 3.76. The number of amides is 1. The molecule has 0 aromatic heterocycles. The van der Waals surface area contributed by atoms with Crippen LogP contribution in [-0.2, 0) is 11.2 Å². The van der Waals surface area contributed by atoms with E-state index in [1.807, 2.05) is 55.5 Å². The Hall–Kier alpha value is -2.49. The molecule has 25 heavy (non-hydrogen) atoms. The maximum Gasteiger partial charge on any atom is 0.224 e. The average Bonchev–Trinajstić information content (AvgIpc) is 2.61. The van der Waals surface area contributed by atoms with E-state index in [9.17, 15) is 4.79 Å². The maximum absolute atomic E-state index is 12.3. The van der Waals surface area contributed by atoms with Crippen LogP contribution in [0.15, 0.2) is 48.5 Å². The van der Waals surface area contributed by atoms with Crippen LogP contribution in [0.2, 0.25) is 0 Å². The molecular formula is C21H28N2O2. The van der Waals surface area contributed by atoms with Crippen molar-refractivity contribution in [2.24, 2.45) is 5.92 Å². The highest BCUT2D eigenvalue weighted by Crippen LogP contribution is 2.27. The first-order valence-electron chi connectivity index (χ1n) is 8.93. The Balaban J connectivity index is 2.01. The van der Waals surface area contributed by atoms with Crippen molar-refractivity contribution >= 4 is 17.3 Å². The molecule has 1 amide bonds. The number of ether oxygens (including phenoxy) is 1. The third-order valence-corrected chi connectivity index (χ3v) is 3.76. The average molecular weight is 340 g/mol. The molecule has 0 unspecified atom stereocenters. The largest absolute Gasteiger partial charge is 0.494 e. The van der Waals surface area contributed by atoms with Gasteiger partial charge in [-0.05, 0) is 37.0 Å². The van der Waals surface area contributed by atoms with Gasteiger partial charge < -0.3 is 15.4 Å². The number of hydrogen-bond donors (Lipinski definition) is 2. The molecule has 2 rings (SSSR count). The molecule has 0 aliphatic carbocycles. The standard InChI is InChI=1S/C21H28N2O2/c1-4-25-18-11-12-19(20(14-18)22-15-16(2)3)23-21(24)13-10-17-8-6-5-7-9-17/h5-9,11-12,14,16,22H,4,10,13,15H2,1-3H3,(H,23,24). The van der Waals surface area contributed by atoms with Crippen LogP contribution in [-0.4, -0.2) is 19.1 Å². The normalized spacial score (nSPS) is 10.6. The van der Waals surface area contributed by atoms with Gasteiger partial charge in [0.2, 0.25) is 5.91 Å². The Morgan fingerprint density at radius 3 is 2.52 bits per heavy atom. The van der Waals surface area contributed by atoms with Gasteiger partial charge in [0.25, 0.3) is 0 Å². The third kappa shape index (κ3) is 6.49. The second-order valence-electron chi connectivity index (χ2n) is 6.45. The molecule has 0 radical (unpaired) electrons. The van der Waals surface area contributed by atoms with Gasteiger partial charge in [0.1, 0.15) is 5.75 Å². The van der Waals surface area contributed by atoms with E-state index in [0.717, 1.165) is 30.1 Å². The van der Waals surface area contributed by atoms with Crippen molar-refractivity contribution in [3.63, 3.8) is 0 Å². The molecule has 0 saturated carbocycles. The highest BCUT2D eigenvalue weighted by molar-refractivity contribution is 5.94. The molecule has 4 heteroatoms. The summed E-state index contributed by atoms with van der Waals surface area (Å²) in [4.78, 5) is 12.3. The van der Waals surface area contributed by atoms with Crippen LogP contribution in [0.1, 0.15) is 32.8 Å². The number of carbonyl (C=O) groups excluding carboxylic acids is 1. The number of aryl methyl sites for hydroxylation is 1. The SMILES string of the molecule is CCOc1ccc(NC(=O)CCc2ccccc2)c(NCC(C)C)c1. The zero-order valence-corrected chi connectivity index (χ0v) is 15.3. The Labute approximate surface area is 150 Å². The number of benzene rings is 2. The van der Waals surface area contributed by atoms with Gasteiger partial charge in [-0.25, -0.2) is 0 Å². The van der Waals surface area contributed by atoms with Gasteiger partial charge in [-0.2, -0.15) is 0 Å². The summed E-state index contributed by atoms with van der Waals surface area (Å²) in [5, 5.41) is 6.41. The quantitative estimate of drug-likeness (QED) is 0.694. The van der Waals surface area contributed by atoms with Gasteiger partial charge in [0.05, 0.1) is 18.0 Å². The zero-order chi connectivity index (χ0) is 18.1. The summed E-state index contributed by atoms with van der Waals surface area (Å²) in [6.45, 7) is 7.71. The van der Waals surface area contributed by atoms with Crippen LogP contribution >= 0.6 is 0 Å². The Morgan fingerprint density at radius 1 is 1.08 bits per heavy atom. The Bertz CT molecular complexity index is 669. The highest BCUT2D eigenvalue weighted by atomic mass is 16.5. The van der Waals surface area contributed by atoms with E-state index in [4.69, 9.17) is 4.74 Å². The monoisotopic (exact) mass is 340 g/mol. The summed E-state index contributed by atoms with van der Waals surface area (Å²) in [6.07, 6.45) is 1.19. The minimum Gasteiger partial charge on any atom is -0.494 e. The summed E-state index contributed by atoms with van der Waals surface area (Å²) < 4.78 is 5.57. The molecule has 0 heterocycles. The van der Waals surface area contributed by atoms with Crippen LogP contribution in [0.25, 0.3) is 0 Å². The first kappa shape index (κ1) is 18.8. The molecular weight excluding hydrogens is 312 g/mol. The van der Waals surface area contributed by atoms with Crippen molar-refractivity contribution in [1.29, 1.82) is 0 Å². The fraction of sp³-hybridized carbons (Fsp3) is 0.381. The van der Waals surface area contributed by atoms with Gasteiger partial charge in [-0.1, -0.05) is 44.2 Å². The molecule has 0 fully saturated rings. The van der Waals surface area contributed by atoms with Crippen molar-refractivity contribution in [2.75, 3.05) is 23.8 Å². The van der Waals surface area contributed by atoms with Crippen molar-refractivity contribution in [3.8, 4) is 5.75 Å². The van der Waals surface area contributed by atoms with Crippen molar-refractivity contribution in [2.45, 2.75) is 33.6 Å². The summed E-state index contributed by atoms with van der Waals surface area (Å²) in [5.74, 6) is 1.33. The van der Waals surface area contributed by atoms with Crippen LogP contribution in [0.3, 0.4) is 0 Å². The number of nitrogens with one attached hydrogen (secondary N) is 2. The summed E-state index contributed by atoms with van der Waals surface area (Å²) >= 11 is 0. The van der Waals surface area contributed by atoms with Crippen LogP contribution < -0.4 is 15.4 Å². The highest BCUT2D eigenvalue weighted by Gasteiger charge is 2.09. The van der Waals surface area contributed by atoms with E-state index in [-0.39, 0.29) is 5.91 Å². The predicted molar refractivity (Wildman–Crippen MR) is 104 cm³/mol. The number of carbonyl (C=O) groups is 1. The smallest absolute Gasteiger partial charge is 0.224 e. The number of anilines is 2. The molecule has 2 aromatic rings. The van der Waals surface area contributed by atoms with Crippen molar-refractivity contribution in [3.05, 3.63) is 54.1 Å². The molecule has 2 N–H and O–H groups in total. The van der Waals surface area contributed by atoms with Gasteiger partial charge >= 0.3 is 0 Å². The van der Waals surface area contributed by atoms with Crippen LogP contribution in [0, 0.1) is 5.92 Å². The molecule has 4 nitrogen and oxygen atoms in total. The lowest BCUT2D eigenvalue weighted by Gasteiger charge is -2.16. The second-order valence-corrected chi connectivity index (χ2v) is 6.45. The predicted octanol–water partition coefficient (Wildman–Crippen LogP) is 4.72. The Morgan fingerprint density at radius 2 is 1.84 bits per heavy atom. The number of rotatable bonds is 9. The van der Waals surface area contributed by atoms with Crippen molar-refractivity contribution in [1.82, 2.24) is 0 Å². The summed E-state index contributed by atoms with van der Waals surface area (Å²) in [7, 11) is 0. The van der Waals surface area contributed by atoms with E-state index < -0.39 is 0 Å². The van der Waals surface area contributed by atoms with Gasteiger partial charge in [-0.15, -0.1) is 0 Å². The zero-order valence-electron chi connectivity index (χ0n) is 15.3. The molecule has 0 atom stereocenters.